The van der Waals surface area contributed by atoms with E-state index in [0.717, 1.165) is 31.2 Å². The number of carbonyl (C=O) groups is 3. The Balaban J connectivity index is 1.47. The lowest BCUT2D eigenvalue weighted by molar-refractivity contribution is -0.131. The van der Waals surface area contributed by atoms with Crippen LogP contribution in [0.3, 0.4) is 0 Å². The van der Waals surface area contributed by atoms with Gasteiger partial charge in [0, 0.05) is 21.7 Å². The smallest absolute Gasteiger partial charge is 0.331 e. The number of urea groups is 1. The molecule has 4 rings (SSSR count). The molecular formula is C23H20Cl2N2O4. The van der Waals surface area contributed by atoms with Crippen molar-refractivity contribution in [2.45, 2.75) is 38.3 Å². The molecule has 8 heteroatoms. The predicted molar refractivity (Wildman–Crippen MR) is 118 cm³/mol. The van der Waals surface area contributed by atoms with E-state index in [-0.39, 0.29) is 18.2 Å². The summed E-state index contributed by atoms with van der Waals surface area (Å²) in [6.45, 7) is 0.274. The Labute approximate surface area is 189 Å². The summed E-state index contributed by atoms with van der Waals surface area (Å²) < 4.78 is 5.75. The summed E-state index contributed by atoms with van der Waals surface area (Å²) in [5.74, 6) is -0.615. The number of hydrogen-bond acceptors (Lipinski definition) is 4. The normalized spacial score (nSPS) is 18.6. The molecule has 0 atom stereocenters. The van der Waals surface area contributed by atoms with Gasteiger partial charge < -0.3 is 4.74 Å². The fourth-order valence-corrected chi connectivity index (χ4v) is 4.26. The summed E-state index contributed by atoms with van der Waals surface area (Å²) in [5, 5.41) is 3.36. The molecule has 1 heterocycles. The molecule has 0 bridgehead atoms. The number of carbonyl (C=O) groups excluding carboxylic acids is 3. The average molecular weight is 459 g/mol. The first-order valence-corrected chi connectivity index (χ1v) is 10.8. The molecule has 0 spiro atoms. The quantitative estimate of drug-likeness (QED) is 0.506. The maximum absolute atomic E-state index is 12.8. The second kappa shape index (κ2) is 9.12. The van der Waals surface area contributed by atoms with Crippen molar-refractivity contribution in [2.24, 2.45) is 0 Å². The van der Waals surface area contributed by atoms with Gasteiger partial charge in [-0.3, -0.25) is 19.8 Å². The molecule has 1 saturated heterocycles. The average Bonchev–Trinajstić information content (AvgIpc) is 3.25. The van der Waals surface area contributed by atoms with E-state index in [1.54, 1.807) is 42.5 Å². The molecule has 1 aliphatic carbocycles. The second-order valence-electron chi connectivity index (χ2n) is 7.52. The molecule has 31 heavy (non-hydrogen) atoms. The maximum Gasteiger partial charge on any atom is 0.331 e. The largest absolute Gasteiger partial charge is 0.489 e. The molecule has 0 aromatic heterocycles. The summed E-state index contributed by atoms with van der Waals surface area (Å²) in [4.78, 5) is 38.5. The fourth-order valence-electron chi connectivity index (χ4n) is 3.79. The Morgan fingerprint density at radius 3 is 2.42 bits per heavy atom. The number of halogens is 2. The Kier molecular flexibility index (Phi) is 6.30. The first kappa shape index (κ1) is 21.4. The van der Waals surface area contributed by atoms with E-state index in [1.807, 2.05) is 0 Å². The van der Waals surface area contributed by atoms with E-state index in [4.69, 9.17) is 27.9 Å². The number of benzene rings is 2. The molecule has 1 N–H and O–H groups in total. The Bertz CT molecular complexity index is 1060. The van der Waals surface area contributed by atoms with Crippen molar-refractivity contribution in [3.05, 3.63) is 69.2 Å². The lowest BCUT2D eigenvalue weighted by atomic mass is 10.1. The van der Waals surface area contributed by atoms with E-state index in [0.29, 0.717) is 21.4 Å². The monoisotopic (exact) mass is 458 g/mol. The number of nitrogens with one attached hydrogen (secondary N) is 1. The van der Waals surface area contributed by atoms with E-state index in [1.165, 1.54) is 11.0 Å². The standard InChI is InChI=1S/C23H20Cl2N2O4/c24-16-8-7-15(20(25)12-16)13-31-18-9-5-14(6-10-18)11-19-21(28)26-23(30)27(22(19)29)17-3-1-2-4-17/h5-12,17H,1-4,13H2,(H,26,28,30)/b19-11+. The van der Waals surface area contributed by atoms with Crippen LogP contribution in [0, 0.1) is 0 Å². The SMILES string of the molecule is O=C1NC(=O)N(C2CCCC2)C(=O)/C1=C/c1ccc(OCc2ccc(Cl)cc2Cl)cc1. The van der Waals surface area contributed by atoms with Gasteiger partial charge in [0.15, 0.2) is 0 Å². The van der Waals surface area contributed by atoms with Gasteiger partial charge in [-0.25, -0.2) is 4.79 Å². The van der Waals surface area contributed by atoms with Gasteiger partial charge in [-0.05, 0) is 48.7 Å². The van der Waals surface area contributed by atoms with Crippen molar-refractivity contribution in [1.82, 2.24) is 10.2 Å². The third-order valence-electron chi connectivity index (χ3n) is 5.42. The number of ether oxygens (including phenoxy) is 1. The molecule has 160 valence electrons. The number of nitrogens with zero attached hydrogens (tertiary/aromatic N) is 1. The maximum atomic E-state index is 12.8. The zero-order valence-electron chi connectivity index (χ0n) is 16.6. The van der Waals surface area contributed by atoms with Crippen LogP contribution in [-0.2, 0) is 16.2 Å². The van der Waals surface area contributed by atoms with Crippen molar-refractivity contribution in [3.63, 3.8) is 0 Å². The van der Waals surface area contributed by atoms with E-state index in [9.17, 15) is 14.4 Å². The summed E-state index contributed by atoms with van der Waals surface area (Å²) in [6, 6.07) is 11.4. The fraction of sp³-hybridized carbons (Fsp3) is 0.261. The molecule has 1 aliphatic heterocycles. The summed E-state index contributed by atoms with van der Waals surface area (Å²) in [5.41, 5.74) is 1.41. The predicted octanol–water partition coefficient (Wildman–Crippen LogP) is 4.98. The summed E-state index contributed by atoms with van der Waals surface area (Å²) in [7, 11) is 0. The first-order valence-electron chi connectivity index (χ1n) is 10.00. The third kappa shape index (κ3) is 4.75. The van der Waals surface area contributed by atoms with Gasteiger partial charge in [-0.1, -0.05) is 54.2 Å². The van der Waals surface area contributed by atoms with Gasteiger partial charge in [0.05, 0.1) is 0 Å². The van der Waals surface area contributed by atoms with Crippen molar-refractivity contribution < 1.29 is 19.1 Å². The molecule has 2 aliphatic rings. The van der Waals surface area contributed by atoms with Crippen molar-refractivity contribution >= 4 is 47.1 Å². The van der Waals surface area contributed by atoms with Crippen molar-refractivity contribution in [2.75, 3.05) is 0 Å². The minimum absolute atomic E-state index is 0.0480. The third-order valence-corrected chi connectivity index (χ3v) is 6.01. The van der Waals surface area contributed by atoms with Gasteiger partial charge in [0.1, 0.15) is 17.9 Å². The molecule has 2 fully saturated rings. The van der Waals surface area contributed by atoms with E-state index in [2.05, 4.69) is 5.32 Å². The summed E-state index contributed by atoms with van der Waals surface area (Å²) in [6.07, 6.45) is 4.97. The number of rotatable bonds is 5. The van der Waals surface area contributed by atoms with Gasteiger partial charge >= 0.3 is 6.03 Å². The minimum Gasteiger partial charge on any atom is -0.489 e. The molecule has 0 unspecified atom stereocenters. The summed E-state index contributed by atoms with van der Waals surface area (Å²) >= 11 is 12.1. The van der Waals surface area contributed by atoms with Gasteiger partial charge in [0.25, 0.3) is 11.8 Å². The van der Waals surface area contributed by atoms with Gasteiger partial charge in [0.2, 0.25) is 0 Å². The molecule has 6 nitrogen and oxygen atoms in total. The minimum atomic E-state index is -0.679. The Hall–Kier alpha value is -2.83. The van der Waals surface area contributed by atoms with Crippen LogP contribution in [0.15, 0.2) is 48.0 Å². The highest BCUT2D eigenvalue weighted by Gasteiger charge is 2.40. The van der Waals surface area contributed by atoms with Crippen molar-refractivity contribution in [1.29, 1.82) is 0 Å². The highest BCUT2D eigenvalue weighted by Crippen LogP contribution is 2.27. The van der Waals surface area contributed by atoms with Gasteiger partial charge in [-0.15, -0.1) is 0 Å². The van der Waals surface area contributed by atoms with Crippen LogP contribution in [0.1, 0.15) is 36.8 Å². The second-order valence-corrected chi connectivity index (χ2v) is 8.37. The van der Waals surface area contributed by atoms with E-state index >= 15 is 0 Å². The molecule has 2 aromatic carbocycles. The molecule has 1 saturated carbocycles. The van der Waals surface area contributed by atoms with Crippen molar-refractivity contribution in [3.8, 4) is 5.75 Å². The van der Waals surface area contributed by atoms with Crippen LogP contribution < -0.4 is 10.1 Å². The highest BCUT2D eigenvalue weighted by atomic mass is 35.5. The van der Waals surface area contributed by atoms with Crippen LogP contribution in [-0.4, -0.2) is 28.8 Å². The number of hydrogen-bond donors (Lipinski definition) is 1. The Morgan fingerprint density at radius 1 is 1.03 bits per heavy atom. The van der Waals surface area contributed by atoms with E-state index < -0.39 is 17.8 Å². The number of barbiturate groups is 1. The van der Waals surface area contributed by atoms with Crippen LogP contribution in [0.4, 0.5) is 4.79 Å². The van der Waals surface area contributed by atoms with Crippen LogP contribution >= 0.6 is 23.2 Å². The highest BCUT2D eigenvalue weighted by molar-refractivity contribution is 6.35. The lowest BCUT2D eigenvalue weighted by Crippen LogP contribution is -2.57. The first-order chi connectivity index (χ1) is 14.9. The molecule has 4 amide bonds. The Morgan fingerprint density at radius 2 is 1.74 bits per heavy atom. The zero-order valence-corrected chi connectivity index (χ0v) is 18.1. The number of imide groups is 2. The lowest BCUT2D eigenvalue weighted by Gasteiger charge is -2.31. The molecule has 2 aromatic rings. The van der Waals surface area contributed by atoms with Crippen LogP contribution in [0.2, 0.25) is 10.0 Å². The topological polar surface area (TPSA) is 75.7 Å². The van der Waals surface area contributed by atoms with Crippen LogP contribution in [0.5, 0.6) is 5.75 Å². The zero-order chi connectivity index (χ0) is 22.0. The number of amides is 4. The molecular weight excluding hydrogens is 439 g/mol. The van der Waals surface area contributed by atoms with Gasteiger partial charge in [-0.2, -0.15) is 0 Å². The van der Waals surface area contributed by atoms with Crippen LogP contribution in [0.25, 0.3) is 6.08 Å². The molecule has 0 radical (unpaired) electrons.